The van der Waals surface area contributed by atoms with Crippen LogP contribution >= 0.6 is 11.6 Å². The smallest absolute Gasteiger partial charge is 0.304 e. The summed E-state index contributed by atoms with van der Waals surface area (Å²) in [5.41, 5.74) is 0.551. The van der Waals surface area contributed by atoms with Crippen molar-refractivity contribution in [1.82, 2.24) is 4.90 Å². The van der Waals surface area contributed by atoms with Crippen LogP contribution in [0.15, 0.2) is 18.2 Å². The number of nitro groups is 1. The lowest BCUT2D eigenvalue weighted by atomic mass is 10.1. The van der Waals surface area contributed by atoms with Crippen LogP contribution < -0.4 is 0 Å². The van der Waals surface area contributed by atoms with Crippen molar-refractivity contribution >= 4 is 23.3 Å². The van der Waals surface area contributed by atoms with Gasteiger partial charge >= 0.3 is 5.97 Å². The van der Waals surface area contributed by atoms with E-state index >= 15 is 0 Å². The molecule has 2 rings (SSSR count). The summed E-state index contributed by atoms with van der Waals surface area (Å²) in [5.74, 6) is -0.840. The quantitative estimate of drug-likeness (QED) is 0.667. The fraction of sp³-hybridized carbons (Fsp3) is 0.462. The number of carboxylic acids is 1. The SMILES string of the molecule is O=C(O)CC1CCCN1Cc1ccc(Cl)cc1[N+](=O)[O-]. The lowest BCUT2D eigenvalue weighted by molar-refractivity contribution is -0.385. The van der Waals surface area contributed by atoms with Crippen molar-refractivity contribution in [3.05, 3.63) is 38.9 Å². The van der Waals surface area contributed by atoms with E-state index in [9.17, 15) is 14.9 Å². The molecule has 1 atom stereocenters. The molecule has 6 nitrogen and oxygen atoms in total. The number of nitro benzene ring substituents is 1. The van der Waals surface area contributed by atoms with E-state index in [1.54, 1.807) is 12.1 Å². The van der Waals surface area contributed by atoms with Gasteiger partial charge in [0.15, 0.2) is 0 Å². The largest absolute Gasteiger partial charge is 0.481 e. The van der Waals surface area contributed by atoms with Gasteiger partial charge in [-0.05, 0) is 31.5 Å². The molecular formula is C13H15ClN2O4. The second kappa shape index (κ2) is 6.19. The van der Waals surface area contributed by atoms with Gasteiger partial charge in [-0.15, -0.1) is 0 Å². The zero-order valence-electron chi connectivity index (χ0n) is 10.8. The number of rotatable bonds is 5. The van der Waals surface area contributed by atoms with Crippen LogP contribution in [0.3, 0.4) is 0 Å². The minimum atomic E-state index is -0.840. The molecule has 1 N–H and O–H groups in total. The molecule has 1 heterocycles. The molecule has 1 aliphatic rings. The van der Waals surface area contributed by atoms with E-state index in [0.29, 0.717) is 17.1 Å². The molecule has 1 fully saturated rings. The minimum Gasteiger partial charge on any atom is -0.481 e. The van der Waals surface area contributed by atoms with Gasteiger partial charge in [-0.1, -0.05) is 11.6 Å². The van der Waals surface area contributed by atoms with Gasteiger partial charge in [-0.25, -0.2) is 0 Å². The Hall–Kier alpha value is -1.66. The van der Waals surface area contributed by atoms with Crippen LogP contribution in [0.5, 0.6) is 0 Å². The Balaban J connectivity index is 2.17. The zero-order valence-corrected chi connectivity index (χ0v) is 11.5. The normalized spacial score (nSPS) is 19.1. The molecule has 108 valence electrons. The predicted octanol–water partition coefficient (Wildman–Crippen LogP) is 2.69. The first kappa shape index (κ1) is 14.7. The summed E-state index contributed by atoms with van der Waals surface area (Å²) >= 11 is 5.78. The van der Waals surface area contributed by atoms with E-state index in [-0.39, 0.29) is 18.2 Å². The first-order chi connectivity index (χ1) is 9.47. The highest BCUT2D eigenvalue weighted by Crippen LogP contribution is 2.28. The summed E-state index contributed by atoms with van der Waals surface area (Å²) in [4.78, 5) is 23.4. The number of hydrogen-bond acceptors (Lipinski definition) is 4. The first-order valence-electron chi connectivity index (χ1n) is 6.36. The summed E-state index contributed by atoms with van der Waals surface area (Å²) in [5, 5.41) is 20.2. The Morgan fingerprint density at radius 2 is 2.30 bits per heavy atom. The highest BCUT2D eigenvalue weighted by Gasteiger charge is 2.28. The van der Waals surface area contributed by atoms with Crippen LogP contribution in [0, 0.1) is 10.1 Å². The molecule has 0 bridgehead atoms. The van der Waals surface area contributed by atoms with Crippen LogP contribution in [-0.2, 0) is 11.3 Å². The second-order valence-corrected chi connectivity index (χ2v) is 5.33. The third-order valence-corrected chi connectivity index (χ3v) is 3.76. The number of nitrogens with zero attached hydrogens (tertiary/aromatic N) is 2. The predicted molar refractivity (Wildman–Crippen MR) is 73.8 cm³/mol. The molecule has 0 saturated carbocycles. The molecule has 1 aromatic rings. The van der Waals surface area contributed by atoms with Crippen molar-refractivity contribution in [2.24, 2.45) is 0 Å². The number of likely N-dealkylation sites (tertiary alicyclic amines) is 1. The number of aliphatic carboxylic acids is 1. The summed E-state index contributed by atoms with van der Waals surface area (Å²) < 4.78 is 0. The summed E-state index contributed by atoms with van der Waals surface area (Å²) in [6.45, 7) is 1.14. The van der Waals surface area contributed by atoms with Crippen molar-refractivity contribution in [3.63, 3.8) is 0 Å². The molecule has 0 spiro atoms. The minimum absolute atomic E-state index is 0.0153. The van der Waals surface area contributed by atoms with Crippen LogP contribution in [0.1, 0.15) is 24.8 Å². The molecule has 1 aliphatic heterocycles. The molecule has 20 heavy (non-hydrogen) atoms. The van der Waals surface area contributed by atoms with Gasteiger partial charge in [-0.2, -0.15) is 0 Å². The Labute approximate surface area is 121 Å². The molecule has 1 unspecified atom stereocenters. The number of carboxylic acid groups (broad SMARTS) is 1. The average molecular weight is 299 g/mol. The van der Waals surface area contributed by atoms with Gasteiger partial charge in [0.1, 0.15) is 0 Å². The maximum atomic E-state index is 11.0. The van der Waals surface area contributed by atoms with E-state index in [2.05, 4.69) is 0 Å². The number of benzene rings is 1. The monoisotopic (exact) mass is 298 g/mol. The maximum absolute atomic E-state index is 11.0. The van der Waals surface area contributed by atoms with E-state index < -0.39 is 10.9 Å². The second-order valence-electron chi connectivity index (χ2n) is 4.89. The van der Waals surface area contributed by atoms with E-state index in [4.69, 9.17) is 16.7 Å². The van der Waals surface area contributed by atoms with Gasteiger partial charge in [0.2, 0.25) is 0 Å². The lowest BCUT2D eigenvalue weighted by Gasteiger charge is -2.23. The molecule has 1 aromatic carbocycles. The molecule has 0 amide bonds. The summed E-state index contributed by atoms with van der Waals surface area (Å²) in [6.07, 6.45) is 1.80. The van der Waals surface area contributed by atoms with Crippen molar-refractivity contribution in [1.29, 1.82) is 0 Å². The molecule has 7 heteroatoms. The average Bonchev–Trinajstić information content (AvgIpc) is 2.78. The molecule has 0 aliphatic carbocycles. The van der Waals surface area contributed by atoms with Crippen LogP contribution in [0.4, 0.5) is 5.69 Å². The van der Waals surface area contributed by atoms with Gasteiger partial charge in [0.05, 0.1) is 11.3 Å². The lowest BCUT2D eigenvalue weighted by Crippen LogP contribution is -2.31. The zero-order chi connectivity index (χ0) is 14.7. The van der Waals surface area contributed by atoms with E-state index in [1.807, 2.05) is 4.90 Å². The third-order valence-electron chi connectivity index (χ3n) is 3.53. The fourth-order valence-corrected chi connectivity index (χ4v) is 2.76. The first-order valence-corrected chi connectivity index (χ1v) is 6.74. The van der Waals surface area contributed by atoms with Crippen molar-refractivity contribution < 1.29 is 14.8 Å². The van der Waals surface area contributed by atoms with Gasteiger partial charge in [0.25, 0.3) is 5.69 Å². The van der Waals surface area contributed by atoms with Gasteiger partial charge in [0, 0.05) is 29.2 Å². The molecule has 0 radical (unpaired) electrons. The van der Waals surface area contributed by atoms with Crippen molar-refractivity contribution in [3.8, 4) is 0 Å². The molecular weight excluding hydrogens is 284 g/mol. The maximum Gasteiger partial charge on any atom is 0.304 e. The Bertz CT molecular complexity index is 535. The van der Waals surface area contributed by atoms with Crippen LogP contribution in [0.25, 0.3) is 0 Å². The molecule has 1 saturated heterocycles. The van der Waals surface area contributed by atoms with Crippen LogP contribution in [-0.4, -0.2) is 33.5 Å². The molecule has 0 aromatic heterocycles. The van der Waals surface area contributed by atoms with Crippen LogP contribution in [0.2, 0.25) is 5.02 Å². The Morgan fingerprint density at radius 3 is 2.95 bits per heavy atom. The van der Waals surface area contributed by atoms with E-state index in [0.717, 1.165) is 19.4 Å². The van der Waals surface area contributed by atoms with E-state index in [1.165, 1.54) is 6.07 Å². The topological polar surface area (TPSA) is 83.7 Å². The summed E-state index contributed by atoms with van der Waals surface area (Å²) in [7, 11) is 0. The number of hydrogen-bond donors (Lipinski definition) is 1. The highest BCUT2D eigenvalue weighted by molar-refractivity contribution is 6.30. The third kappa shape index (κ3) is 3.46. The van der Waals surface area contributed by atoms with Gasteiger partial charge < -0.3 is 5.11 Å². The standard InChI is InChI=1S/C13H15ClN2O4/c14-10-4-3-9(12(6-10)16(19)20)8-15-5-1-2-11(15)7-13(17)18/h3-4,6,11H,1-2,5,7-8H2,(H,17,18). The van der Waals surface area contributed by atoms with Crippen molar-refractivity contribution in [2.45, 2.75) is 31.8 Å². The highest BCUT2D eigenvalue weighted by atomic mass is 35.5. The van der Waals surface area contributed by atoms with Crippen molar-refractivity contribution in [2.75, 3.05) is 6.54 Å². The summed E-state index contributed by atoms with van der Waals surface area (Å²) in [6, 6.07) is 4.53. The number of carbonyl (C=O) groups is 1. The fourth-order valence-electron chi connectivity index (χ4n) is 2.60. The Morgan fingerprint density at radius 1 is 1.55 bits per heavy atom. The van der Waals surface area contributed by atoms with Gasteiger partial charge in [-0.3, -0.25) is 19.8 Å². The Kier molecular flexibility index (Phi) is 4.57. The number of halogens is 1.